The van der Waals surface area contributed by atoms with Gasteiger partial charge in [-0.1, -0.05) is 11.6 Å². The van der Waals surface area contributed by atoms with Crippen LogP contribution in [0, 0.1) is 6.08 Å². The van der Waals surface area contributed by atoms with E-state index in [1.165, 1.54) is 18.4 Å². The van der Waals surface area contributed by atoms with Crippen molar-refractivity contribution in [1.82, 2.24) is 0 Å². The van der Waals surface area contributed by atoms with Gasteiger partial charge in [0.15, 0.2) is 0 Å². The van der Waals surface area contributed by atoms with Gasteiger partial charge in [0, 0.05) is 0 Å². The van der Waals surface area contributed by atoms with E-state index >= 15 is 0 Å². The summed E-state index contributed by atoms with van der Waals surface area (Å²) in [6, 6.07) is 0. The third kappa shape index (κ3) is 0.923. The van der Waals surface area contributed by atoms with Gasteiger partial charge in [0.1, 0.15) is 0 Å². The van der Waals surface area contributed by atoms with E-state index in [9.17, 15) is 0 Å². The molecule has 0 nitrogen and oxygen atoms in total. The van der Waals surface area contributed by atoms with Gasteiger partial charge in [0.2, 0.25) is 0 Å². The SMILES string of the molecule is C=CCC1=[C]CC1. The zero-order chi connectivity index (χ0) is 5.11. The van der Waals surface area contributed by atoms with Gasteiger partial charge in [0.05, 0.1) is 0 Å². The second kappa shape index (κ2) is 1.97. The number of rotatable bonds is 2. The van der Waals surface area contributed by atoms with Crippen LogP contribution in [0.15, 0.2) is 18.2 Å². The monoisotopic (exact) mass is 93.1 g/mol. The summed E-state index contributed by atoms with van der Waals surface area (Å²) in [6.07, 6.45) is 8.61. The van der Waals surface area contributed by atoms with Gasteiger partial charge in [-0.25, -0.2) is 0 Å². The highest BCUT2D eigenvalue weighted by Crippen LogP contribution is 2.19. The molecule has 0 saturated carbocycles. The lowest BCUT2D eigenvalue weighted by atomic mass is 9.96. The molecule has 0 heterocycles. The maximum Gasteiger partial charge on any atom is -0.0135 e. The van der Waals surface area contributed by atoms with Crippen LogP contribution in [0.25, 0.3) is 0 Å². The molecule has 1 aliphatic rings. The van der Waals surface area contributed by atoms with Crippen LogP contribution in [-0.2, 0) is 0 Å². The van der Waals surface area contributed by atoms with E-state index in [0.717, 1.165) is 6.42 Å². The number of hydrogen-bond acceptors (Lipinski definition) is 0. The van der Waals surface area contributed by atoms with Crippen LogP contribution in [0.3, 0.4) is 0 Å². The van der Waals surface area contributed by atoms with E-state index in [1.807, 2.05) is 6.08 Å². The molecule has 0 aromatic heterocycles. The van der Waals surface area contributed by atoms with E-state index in [1.54, 1.807) is 0 Å². The van der Waals surface area contributed by atoms with Gasteiger partial charge < -0.3 is 0 Å². The van der Waals surface area contributed by atoms with Gasteiger partial charge in [0.25, 0.3) is 0 Å². The van der Waals surface area contributed by atoms with Crippen molar-refractivity contribution >= 4 is 0 Å². The molecule has 0 aliphatic heterocycles. The molecule has 0 bridgehead atoms. The molecule has 7 heavy (non-hydrogen) atoms. The van der Waals surface area contributed by atoms with E-state index in [-0.39, 0.29) is 0 Å². The Morgan fingerprint density at radius 2 is 2.57 bits per heavy atom. The normalized spacial score (nSPS) is 17.4. The molecule has 0 heteroatoms. The number of allylic oxidation sites excluding steroid dienone is 3. The molecule has 0 atom stereocenters. The Morgan fingerprint density at radius 3 is 2.71 bits per heavy atom. The fourth-order valence-corrected chi connectivity index (χ4v) is 0.650. The summed E-state index contributed by atoms with van der Waals surface area (Å²) in [4.78, 5) is 0. The maximum atomic E-state index is 3.62. The fraction of sp³-hybridized carbons (Fsp3) is 0.429. The largest absolute Gasteiger partial charge is 0.103 e. The lowest BCUT2D eigenvalue weighted by Crippen LogP contribution is -1.91. The zero-order valence-corrected chi connectivity index (χ0v) is 4.41. The second-order valence-electron chi connectivity index (χ2n) is 1.77. The van der Waals surface area contributed by atoms with Crippen molar-refractivity contribution < 1.29 is 0 Å². The van der Waals surface area contributed by atoms with Crippen LogP contribution in [-0.4, -0.2) is 0 Å². The van der Waals surface area contributed by atoms with Crippen molar-refractivity contribution in [2.75, 3.05) is 0 Å². The highest BCUT2D eigenvalue weighted by Gasteiger charge is 2.01. The van der Waals surface area contributed by atoms with Gasteiger partial charge in [-0.3, -0.25) is 0 Å². The van der Waals surface area contributed by atoms with Gasteiger partial charge in [-0.2, -0.15) is 0 Å². The minimum Gasteiger partial charge on any atom is -0.103 e. The molecule has 0 fully saturated rings. The molecule has 0 spiro atoms. The zero-order valence-electron chi connectivity index (χ0n) is 4.41. The molecule has 0 amide bonds. The van der Waals surface area contributed by atoms with Crippen molar-refractivity contribution in [3.8, 4) is 0 Å². The predicted octanol–water partition coefficient (Wildman–Crippen LogP) is 2.09. The molecule has 0 N–H and O–H groups in total. The number of hydrogen-bond donors (Lipinski definition) is 0. The van der Waals surface area contributed by atoms with Crippen molar-refractivity contribution in [2.45, 2.75) is 19.3 Å². The van der Waals surface area contributed by atoms with Crippen LogP contribution in [0.4, 0.5) is 0 Å². The van der Waals surface area contributed by atoms with Crippen LogP contribution >= 0.6 is 0 Å². The average Bonchev–Trinajstić information content (AvgIpc) is 1.55. The Balaban J connectivity index is 2.27. The van der Waals surface area contributed by atoms with E-state index in [0.29, 0.717) is 0 Å². The minimum absolute atomic E-state index is 1.06. The fourth-order valence-electron chi connectivity index (χ4n) is 0.650. The summed E-state index contributed by atoms with van der Waals surface area (Å²) >= 11 is 0. The minimum atomic E-state index is 1.06. The summed E-state index contributed by atoms with van der Waals surface area (Å²) in [5, 5.41) is 0. The molecular weight excluding hydrogens is 84.1 g/mol. The van der Waals surface area contributed by atoms with Crippen LogP contribution in [0.5, 0.6) is 0 Å². The quantitative estimate of drug-likeness (QED) is 0.458. The maximum absolute atomic E-state index is 3.62. The molecule has 0 saturated heterocycles. The second-order valence-corrected chi connectivity index (χ2v) is 1.77. The first kappa shape index (κ1) is 4.63. The van der Waals surface area contributed by atoms with E-state index in [4.69, 9.17) is 0 Å². The highest BCUT2D eigenvalue weighted by atomic mass is 14.1. The van der Waals surface area contributed by atoms with Gasteiger partial charge in [-0.05, 0) is 25.3 Å². The topological polar surface area (TPSA) is 0 Å². The third-order valence-electron chi connectivity index (χ3n) is 1.19. The smallest absolute Gasteiger partial charge is 0.0135 e. The average molecular weight is 93.1 g/mol. The van der Waals surface area contributed by atoms with E-state index in [2.05, 4.69) is 12.7 Å². The van der Waals surface area contributed by atoms with E-state index < -0.39 is 0 Å². The predicted molar refractivity (Wildman–Crippen MR) is 30.8 cm³/mol. The van der Waals surface area contributed by atoms with Gasteiger partial charge in [-0.15, -0.1) is 6.58 Å². The Morgan fingerprint density at radius 1 is 1.86 bits per heavy atom. The molecule has 37 valence electrons. The highest BCUT2D eigenvalue weighted by molar-refractivity contribution is 5.09. The van der Waals surface area contributed by atoms with Crippen molar-refractivity contribution in [1.29, 1.82) is 0 Å². The van der Waals surface area contributed by atoms with Crippen molar-refractivity contribution in [3.05, 3.63) is 24.3 Å². The summed E-state index contributed by atoms with van der Waals surface area (Å²) in [5.41, 5.74) is 1.44. The molecular formula is C7H9. The lowest BCUT2D eigenvalue weighted by Gasteiger charge is -2.09. The Labute approximate surface area is 44.5 Å². The third-order valence-corrected chi connectivity index (χ3v) is 1.19. The molecule has 0 aromatic carbocycles. The summed E-state index contributed by atoms with van der Waals surface area (Å²) in [7, 11) is 0. The van der Waals surface area contributed by atoms with Crippen LogP contribution in [0.2, 0.25) is 0 Å². The Hall–Kier alpha value is -0.520. The lowest BCUT2D eigenvalue weighted by molar-refractivity contribution is 0.813. The molecule has 1 aliphatic carbocycles. The van der Waals surface area contributed by atoms with Crippen molar-refractivity contribution in [3.63, 3.8) is 0 Å². The Bertz CT molecular complexity index is 98.6. The Kier molecular flexibility index (Phi) is 1.30. The van der Waals surface area contributed by atoms with Crippen LogP contribution < -0.4 is 0 Å². The van der Waals surface area contributed by atoms with Gasteiger partial charge >= 0.3 is 0 Å². The van der Waals surface area contributed by atoms with Crippen molar-refractivity contribution in [2.24, 2.45) is 0 Å². The molecule has 1 radical (unpaired) electrons. The first-order valence-electron chi connectivity index (χ1n) is 2.63. The molecule has 1 rings (SSSR count). The summed E-state index contributed by atoms with van der Waals surface area (Å²) < 4.78 is 0. The first-order valence-corrected chi connectivity index (χ1v) is 2.63. The summed E-state index contributed by atoms with van der Waals surface area (Å²) in [6.45, 7) is 3.62. The molecule has 0 aromatic rings. The van der Waals surface area contributed by atoms with Crippen LogP contribution in [0.1, 0.15) is 19.3 Å². The molecule has 0 unspecified atom stereocenters. The first-order chi connectivity index (χ1) is 3.43. The standard InChI is InChI=1S/C7H9/c1-2-4-7-5-3-6-7/h2H,1,3-5H2. The summed E-state index contributed by atoms with van der Waals surface area (Å²) in [5.74, 6) is 0.